The summed E-state index contributed by atoms with van der Waals surface area (Å²) in [6.07, 6.45) is 5.56. The van der Waals surface area contributed by atoms with Crippen molar-refractivity contribution in [3.05, 3.63) is 108 Å². The van der Waals surface area contributed by atoms with Gasteiger partial charge in [-0.25, -0.2) is 23.9 Å². The number of aliphatic carboxylic acids is 2. The minimum atomic E-state index is -1.82. The Morgan fingerprint density at radius 2 is 1.62 bits per heavy atom. The fourth-order valence-corrected chi connectivity index (χ4v) is 3.57. The Kier molecular flexibility index (Phi) is 6.45. The van der Waals surface area contributed by atoms with Crippen LogP contribution in [0.25, 0.3) is 22.4 Å². The Bertz CT molecular complexity index is 1420. The van der Waals surface area contributed by atoms with Crippen LogP contribution in [0.15, 0.2) is 91.5 Å². The number of aromatic nitrogens is 4. The molecule has 0 amide bonds. The van der Waals surface area contributed by atoms with Gasteiger partial charge in [0.15, 0.2) is 0 Å². The molecule has 2 aromatic heterocycles. The number of carboxylic acids is 2. The third kappa shape index (κ3) is 4.83. The van der Waals surface area contributed by atoms with Crippen LogP contribution in [0.4, 0.5) is 4.39 Å². The monoisotopic (exact) mass is 458 g/mol. The van der Waals surface area contributed by atoms with Gasteiger partial charge in [-0.3, -0.25) is 0 Å². The second kappa shape index (κ2) is 9.78. The van der Waals surface area contributed by atoms with Crippen molar-refractivity contribution in [3.8, 4) is 11.4 Å². The first-order chi connectivity index (χ1) is 16.4. The molecule has 170 valence electrons. The first kappa shape index (κ1) is 22.4. The summed E-state index contributed by atoms with van der Waals surface area (Å²) in [5.41, 5.74) is 4.40. The Labute approximate surface area is 193 Å². The minimum absolute atomic E-state index is 0.00619. The van der Waals surface area contributed by atoms with Gasteiger partial charge in [0.2, 0.25) is 0 Å². The number of benzene rings is 3. The average molecular weight is 458 g/mol. The van der Waals surface area contributed by atoms with E-state index in [1.807, 2.05) is 42.9 Å². The van der Waals surface area contributed by atoms with Gasteiger partial charge < -0.3 is 19.8 Å². The van der Waals surface area contributed by atoms with Crippen molar-refractivity contribution >= 4 is 23.0 Å². The van der Waals surface area contributed by atoms with Crippen LogP contribution in [0.3, 0.4) is 0 Å². The lowest BCUT2D eigenvalue weighted by Crippen LogP contribution is -2.10. The number of hydrogen-bond acceptors (Lipinski definition) is 4. The Morgan fingerprint density at radius 3 is 2.26 bits per heavy atom. The van der Waals surface area contributed by atoms with Crippen LogP contribution in [-0.2, 0) is 9.59 Å². The molecular formula is C25H19FN4O4. The van der Waals surface area contributed by atoms with Gasteiger partial charge in [0.25, 0.3) is 0 Å². The zero-order valence-corrected chi connectivity index (χ0v) is 17.7. The lowest BCUT2D eigenvalue weighted by molar-refractivity contribution is -0.159. The van der Waals surface area contributed by atoms with Crippen LogP contribution in [0.2, 0.25) is 0 Å². The summed E-state index contributed by atoms with van der Waals surface area (Å²) in [7, 11) is 0. The van der Waals surface area contributed by atoms with E-state index in [4.69, 9.17) is 19.8 Å². The second-order valence-electron chi connectivity index (χ2n) is 7.28. The molecule has 1 unspecified atom stereocenters. The van der Waals surface area contributed by atoms with E-state index in [0.29, 0.717) is 11.4 Å². The van der Waals surface area contributed by atoms with Gasteiger partial charge >= 0.3 is 11.9 Å². The summed E-state index contributed by atoms with van der Waals surface area (Å²) in [4.78, 5) is 30.2. The van der Waals surface area contributed by atoms with E-state index < -0.39 is 11.9 Å². The number of fused-ring (bicyclic) bond motifs is 1. The van der Waals surface area contributed by atoms with E-state index in [1.54, 1.807) is 18.3 Å². The maximum atomic E-state index is 14.1. The van der Waals surface area contributed by atoms with Crippen LogP contribution in [0.1, 0.15) is 17.2 Å². The number of nitrogens with zero attached hydrogens (tertiary/aromatic N) is 3. The molecule has 3 aromatic carbocycles. The summed E-state index contributed by atoms with van der Waals surface area (Å²) >= 11 is 0. The lowest BCUT2D eigenvalue weighted by atomic mass is 9.98. The van der Waals surface area contributed by atoms with E-state index in [1.165, 1.54) is 6.07 Å². The van der Waals surface area contributed by atoms with Crippen LogP contribution in [0.5, 0.6) is 0 Å². The highest BCUT2D eigenvalue weighted by molar-refractivity contribution is 6.27. The molecule has 0 saturated heterocycles. The van der Waals surface area contributed by atoms with E-state index >= 15 is 0 Å². The fourth-order valence-electron chi connectivity index (χ4n) is 3.57. The largest absolute Gasteiger partial charge is 0.473 e. The Hall–Kier alpha value is -4.79. The number of carbonyl (C=O) groups is 2. The number of H-pyrrole nitrogens is 1. The number of nitrogens with one attached hydrogen (secondary N) is 1. The topological polar surface area (TPSA) is 121 Å². The van der Waals surface area contributed by atoms with Gasteiger partial charge in [-0.2, -0.15) is 0 Å². The molecule has 1 atom stereocenters. The van der Waals surface area contributed by atoms with E-state index in [0.717, 1.165) is 22.2 Å². The number of rotatable bonds is 4. The second-order valence-corrected chi connectivity index (χ2v) is 7.28. The molecule has 0 radical (unpaired) electrons. The highest BCUT2D eigenvalue weighted by atomic mass is 19.1. The fraction of sp³-hybridized carbons (Fsp3) is 0.0400. The molecule has 5 rings (SSSR count). The van der Waals surface area contributed by atoms with Crippen molar-refractivity contribution in [2.45, 2.75) is 6.04 Å². The molecule has 5 aromatic rings. The molecule has 0 aliphatic rings. The Morgan fingerprint density at radius 1 is 0.912 bits per heavy atom. The van der Waals surface area contributed by atoms with Crippen molar-refractivity contribution in [3.63, 3.8) is 0 Å². The van der Waals surface area contributed by atoms with Crippen LogP contribution in [0, 0.1) is 5.82 Å². The zero-order valence-electron chi connectivity index (χ0n) is 17.7. The SMILES string of the molecule is Fc1ccccc1-c1nc2ccc(C(c3ccccc3)n3ccnc3)cc2[nH]1.O=C(O)C(=O)O. The predicted molar refractivity (Wildman–Crippen MR) is 123 cm³/mol. The van der Waals surface area contributed by atoms with E-state index in [9.17, 15) is 4.39 Å². The highest BCUT2D eigenvalue weighted by Crippen LogP contribution is 2.30. The number of aromatic amines is 1. The van der Waals surface area contributed by atoms with Gasteiger partial charge in [0.05, 0.1) is 29.0 Å². The summed E-state index contributed by atoms with van der Waals surface area (Å²) < 4.78 is 16.2. The summed E-state index contributed by atoms with van der Waals surface area (Å²) in [5.74, 6) is -3.41. The third-order valence-electron chi connectivity index (χ3n) is 5.07. The first-order valence-electron chi connectivity index (χ1n) is 10.2. The molecule has 0 aliphatic carbocycles. The number of carboxylic acid groups (broad SMARTS) is 2. The van der Waals surface area contributed by atoms with Gasteiger partial charge in [0, 0.05) is 12.4 Å². The molecule has 0 bridgehead atoms. The highest BCUT2D eigenvalue weighted by Gasteiger charge is 2.17. The number of hydrogen-bond donors (Lipinski definition) is 3. The molecule has 0 spiro atoms. The van der Waals surface area contributed by atoms with Crippen molar-refractivity contribution < 1.29 is 24.2 Å². The normalized spacial score (nSPS) is 11.4. The maximum Gasteiger partial charge on any atom is 0.414 e. The molecule has 3 N–H and O–H groups in total. The summed E-state index contributed by atoms with van der Waals surface area (Å²) in [5, 5.41) is 14.8. The van der Waals surface area contributed by atoms with Gasteiger partial charge in [-0.05, 0) is 35.4 Å². The van der Waals surface area contributed by atoms with Crippen LogP contribution < -0.4 is 0 Å². The number of halogens is 1. The standard InChI is InChI=1S/C23H17FN4.C2H2O4/c24-19-9-5-4-8-18(19)23-26-20-11-10-17(14-21(20)27-23)22(28-13-12-25-15-28)16-6-2-1-3-7-16;3-1(4)2(5)6/h1-15,22H,(H,26,27);(H,3,4)(H,5,6). The maximum absolute atomic E-state index is 14.1. The van der Waals surface area contributed by atoms with Crippen LogP contribution >= 0.6 is 0 Å². The van der Waals surface area contributed by atoms with E-state index in [2.05, 4.69) is 43.8 Å². The van der Waals surface area contributed by atoms with Gasteiger partial charge in [-0.15, -0.1) is 0 Å². The Balaban J connectivity index is 0.000000408. The minimum Gasteiger partial charge on any atom is -0.473 e. The lowest BCUT2D eigenvalue weighted by Gasteiger charge is -2.19. The smallest absolute Gasteiger partial charge is 0.414 e. The molecule has 0 aliphatic heterocycles. The third-order valence-corrected chi connectivity index (χ3v) is 5.07. The molecule has 0 saturated carbocycles. The zero-order chi connectivity index (χ0) is 24.1. The quantitative estimate of drug-likeness (QED) is 0.344. The van der Waals surface area contributed by atoms with Crippen molar-refractivity contribution in [2.24, 2.45) is 0 Å². The molecule has 8 nitrogen and oxygen atoms in total. The molecule has 9 heteroatoms. The average Bonchev–Trinajstić information content (AvgIpc) is 3.51. The van der Waals surface area contributed by atoms with Crippen LogP contribution in [-0.4, -0.2) is 41.7 Å². The summed E-state index contributed by atoms with van der Waals surface area (Å²) in [6, 6.07) is 23.0. The predicted octanol–water partition coefficient (Wildman–Crippen LogP) is 4.36. The number of imidazole rings is 2. The molecular weight excluding hydrogens is 439 g/mol. The van der Waals surface area contributed by atoms with E-state index in [-0.39, 0.29) is 11.9 Å². The molecule has 0 fully saturated rings. The van der Waals surface area contributed by atoms with Gasteiger partial charge in [0.1, 0.15) is 11.6 Å². The van der Waals surface area contributed by atoms with Gasteiger partial charge in [-0.1, -0.05) is 48.5 Å². The first-order valence-corrected chi connectivity index (χ1v) is 10.2. The van der Waals surface area contributed by atoms with Crippen molar-refractivity contribution in [2.75, 3.05) is 0 Å². The summed E-state index contributed by atoms with van der Waals surface area (Å²) in [6.45, 7) is 0. The molecule has 2 heterocycles. The van der Waals surface area contributed by atoms with Crippen molar-refractivity contribution in [1.29, 1.82) is 0 Å². The molecule has 34 heavy (non-hydrogen) atoms. The van der Waals surface area contributed by atoms with Crippen molar-refractivity contribution in [1.82, 2.24) is 19.5 Å².